The molecule has 26 heavy (non-hydrogen) atoms. The van der Waals surface area contributed by atoms with E-state index in [0.717, 1.165) is 5.56 Å². The quantitative estimate of drug-likeness (QED) is 0.797. The lowest BCUT2D eigenvalue weighted by Crippen LogP contribution is -2.43. The van der Waals surface area contributed by atoms with Crippen LogP contribution in [0.2, 0.25) is 0 Å². The second-order valence-corrected chi connectivity index (χ2v) is 6.12. The SMILES string of the molecule is CCN(Cc1ccc(-c2noc(C(F)(F)F)n2)cc1)C(=O)N(C)C(C)C. The minimum Gasteiger partial charge on any atom is -0.329 e. The molecule has 2 amide bonds. The first-order chi connectivity index (χ1) is 12.1. The lowest BCUT2D eigenvalue weighted by atomic mass is 10.1. The summed E-state index contributed by atoms with van der Waals surface area (Å²) in [5.74, 6) is -1.51. The number of rotatable bonds is 5. The summed E-state index contributed by atoms with van der Waals surface area (Å²) in [5, 5.41) is 3.35. The smallest absolute Gasteiger partial charge is 0.329 e. The fraction of sp³-hybridized carbons (Fsp3) is 0.471. The van der Waals surface area contributed by atoms with Crippen molar-refractivity contribution in [2.24, 2.45) is 0 Å². The molecule has 0 saturated heterocycles. The van der Waals surface area contributed by atoms with Gasteiger partial charge in [-0.15, -0.1) is 0 Å². The summed E-state index contributed by atoms with van der Waals surface area (Å²) in [6.07, 6.45) is -4.67. The van der Waals surface area contributed by atoms with Gasteiger partial charge in [0.2, 0.25) is 5.82 Å². The van der Waals surface area contributed by atoms with Crippen LogP contribution in [-0.2, 0) is 12.7 Å². The van der Waals surface area contributed by atoms with Crippen molar-refractivity contribution >= 4 is 6.03 Å². The molecule has 0 fully saturated rings. The highest BCUT2D eigenvalue weighted by Gasteiger charge is 2.38. The first kappa shape index (κ1) is 19.7. The second kappa shape index (κ2) is 7.76. The lowest BCUT2D eigenvalue weighted by molar-refractivity contribution is -0.159. The van der Waals surface area contributed by atoms with Gasteiger partial charge in [0.1, 0.15) is 0 Å². The number of hydrogen-bond acceptors (Lipinski definition) is 4. The van der Waals surface area contributed by atoms with Crippen LogP contribution in [0.15, 0.2) is 28.8 Å². The number of carbonyl (C=O) groups is 1. The zero-order valence-corrected chi connectivity index (χ0v) is 15.0. The molecule has 0 atom stereocenters. The van der Waals surface area contributed by atoms with Crippen LogP contribution in [0, 0.1) is 0 Å². The van der Waals surface area contributed by atoms with E-state index < -0.39 is 12.1 Å². The van der Waals surface area contributed by atoms with E-state index in [0.29, 0.717) is 18.7 Å². The fourth-order valence-corrected chi connectivity index (χ4v) is 2.19. The number of benzene rings is 1. The average Bonchev–Trinajstić information content (AvgIpc) is 3.09. The molecule has 142 valence electrons. The number of alkyl halides is 3. The van der Waals surface area contributed by atoms with Crippen molar-refractivity contribution in [3.8, 4) is 11.4 Å². The van der Waals surface area contributed by atoms with E-state index >= 15 is 0 Å². The molecule has 2 aromatic rings. The van der Waals surface area contributed by atoms with Gasteiger partial charge in [0.25, 0.3) is 0 Å². The lowest BCUT2D eigenvalue weighted by Gasteiger charge is -2.29. The van der Waals surface area contributed by atoms with Gasteiger partial charge in [0, 0.05) is 31.7 Å². The van der Waals surface area contributed by atoms with E-state index in [9.17, 15) is 18.0 Å². The molecular weight excluding hydrogens is 349 g/mol. The Balaban J connectivity index is 2.11. The monoisotopic (exact) mass is 370 g/mol. The van der Waals surface area contributed by atoms with Gasteiger partial charge < -0.3 is 14.3 Å². The molecule has 0 saturated carbocycles. The summed E-state index contributed by atoms with van der Waals surface area (Å²) >= 11 is 0. The molecule has 1 aromatic carbocycles. The van der Waals surface area contributed by atoms with Crippen LogP contribution in [0.1, 0.15) is 32.2 Å². The molecule has 0 bridgehead atoms. The van der Waals surface area contributed by atoms with E-state index in [-0.39, 0.29) is 17.9 Å². The Hall–Kier alpha value is -2.58. The van der Waals surface area contributed by atoms with Gasteiger partial charge in [-0.1, -0.05) is 29.4 Å². The summed E-state index contributed by atoms with van der Waals surface area (Å²) in [6, 6.07) is 6.66. The topological polar surface area (TPSA) is 62.5 Å². The Labute approximate surface area is 149 Å². The molecule has 0 spiro atoms. The van der Waals surface area contributed by atoms with Crippen molar-refractivity contribution in [3.05, 3.63) is 35.7 Å². The predicted molar refractivity (Wildman–Crippen MR) is 89.1 cm³/mol. The molecule has 6 nitrogen and oxygen atoms in total. The summed E-state index contributed by atoms with van der Waals surface area (Å²) < 4.78 is 41.8. The second-order valence-electron chi connectivity index (χ2n) is 6.12. The highest BCUT2D eigenvalue weighted by atomic mass is 19.4. The van der Waals surface area contributed by atoms with Gasteiger partial charge >= 0.3 is 18.1 Å². The van der Waals surface area contributed by atoms with Crippen LogP contribution in [0.5, 0.6) is 0 Å². The van der Waals surface area contributed by atoms with Crippen molar-refractivity contribution < 1.29 is 22.5 Å². The highest BCUT2D eigenvalue weighted by Crippen LogP contribution is 2.29. The van der Waals surface area contributed by atoms with Crippen LogP contribution in [-0.4, -0.2) is 45.6 Å². The van der Waals surface area contributed by atoms with Crippen molar-refractivity contribution in [2.45, 2.75) is 39.5 Å². The molecule has 0 aliphatic heterocycles. The van der Waals surface area contributed by atoms with E-state index in [2.05, 4.69) is 14.7 Å². The van der Waals surface area contributed by atoms with Crippen molar-refractivity contribution in [1.82, 2.24) is 19.9 Å². The molecule has 0 aliphatic rings. The molecule has 0 N–H and O–H groups in total. The van der Waals surface area contributed by atoms with Crippen LogP contribution in [0.4, 0.5) is 18.0 Å². The number of hydrogen-bond donors (Lipinski definition) is 0. The zero-order chi connectivity index (χ0) is 19.5. The third-order valence-electron chi connectivity index (χ3n) is 3.98. The van der Waals surface area contributed by atoms with E-state index in [1.54, 1.807) is 41.1 Å². The Morgan fingerprint density at radius 1 is 1.23 bits per heavy atom. The predicted octanol–water partition coefficient (Wildman–Crippen LogP) is 4.04. The normalized spacial score (nSPS) is 11.7. The van der Waals surface area contributed by atoms with Gasteiger partial charge in [0.15, 0.2) is 0 Å². The van der Waals surface area contributed by atoms with Gasteiger partial charge in [0.05, 0.1) is 0 Å². The molecule has 9 heteroatoms. The van der Waals surface area contributed by atoms with Gasteiger partial charge in [-0.3, -0.25) is 0 Å². The number of nitrogens with zero attached hydrogens (tertiary/aromatic N) is 4. The molecule has 0 unspecified atom stereocenters. The maximum absolute atomic E-state index is 12.5. The largest absolute Gasteiger partial charge is 0.471 e. The first-order valence-corrected chi connectivity index (χ1v) is 8.15. The molecule has 2 rings (SSSR count). The highest BCUT2D eigenvalue weighted by molar-refractivity contribution is 5.74. The number of amides is 2. The van der Waals surface area contributed by atoms with E-state index in [1.165, 1.54) is 0 Å². The van der Waals surface area contributed by atoms with Crippen molar-refractivity contribution in [2.75, 3.05) is 13.6 Å². The maximum atomic E-state index is 12.5. The molecule has 0 radical (unpaired) electrons. The van der Waals surface area contributed by atoms with Crippen molar-refractivity contribution in [1.29, 1.82) is 0 Å². The summed E-state index contributed by atoms with van der Waals surface area (Å²) in [6.45, 7) is 6.68. The number of carbonyl (C=O) groups excluding carboxylic acids is 1. The van der Waals surface area contributed by atoms with Crippen molar-refractivity contribution in [3.63, 3.8) is 0 Å². The third kappa shape index (κ3) is 4.53. The molecule has 1 aromatic heterocycles. The third-order valence-corrected chi connectivity index (χ3v) is 3.98. The van der Waals surface area contributed by atoms with Gasteiger partial charge in [-0.25, -0.2) is 4.79 Å². The average molecular weight is 370 g/mol. The minimum absolute atomic E-state index is 0.0833. The number of halogens is 3. The van der Waals surface area contributed by atoms with Crippen LogP contribution < -0.4 is 0 Å². The van der Waals surface area contributed by atoms with Gasteiger partial charge in [-0.05, 0) is 26.3 Å². The summed E-state index contributed by atoms with van der Waals surface area (Å²) in [4.78, 5) is 19.1. The Morgan fingerprint density at radius 2 is 1.85 bits per heavy atom. The Morgan fingerprint density at radius 3 is 2.31 bits per heavy atom. The first-order valence-electron chi connectivity index (χ1n) is 8.15. The van der Waals surface area contributed by atoms with Crippen LogP contribution in [0.25, 0.3) is 11.4 Å². The fourth-order valence-electron chi connectivity index (χ4n) is 2.19. The minimum atomic E-state index is -4.67. The van der Waals surface area contributed by atoms with Gasteiger partial charge in [-0.2, -0.15) is 18.2 Å². The summed E-state index contributed by atoms with van der Waals surface area (Å²) in [7, 11) is 1.74. The zero-order valence-electron chi connectivity index (χ0n) is 15.0. The molecule has 1 heterocycles. The number of urea groups is 1. The Bertz CT molecular complexity index is 741. The van der Waals surface area contributed by atoms with E-state index in [1.807, 2.05) is 20.8 Å². The molecule has 0 aliphatic carbocycles. The van der Waals surface area contributed by atoms with E-state index in [4.69, 9.17) is 0 Å². The summed E-state index contributed by atoms with van der Waals surface area (Å²) in [5.41, 5.74) is 1.25. The maximum Gasteiger partial charge on any atom is 0.471 e. The Kier molecular flexibility index (Phi) is 5.89. The standard InChI is InChI=1S/C17H21F3N4O2/c1-5-24(16(25)23(4)11(2)3)10-12-6-8-13(9-7-12)14-21-15(26-22-14)17(18,19)20/h6-9,11H,5,10H2,1-4H3. The van der Waals surface area contributed by atoms with Crippen LogP contribution >= 0.6 is 0 Å². The van der Waals surface area contributed by atoms with Crippen LogP contribution in [0.3, 0.4) is 0 Å². The molecular formula is C17H21F3N4O2. The number of aromatic nitrogens is 2.